The van der Waals surface area contributed by atoms with Crippen molar-refractivity contribution >= 4 is 0 Å². The van der Waals surface area contributed by atoms with Crippen molar-refractivity contribution in [2.45, 2.75) is 19.1 Å². The molecule has 2 nitrogen and oxygen atoms in total. The molecule has 14 heavy (non-hydrogen) atoms. The maximum absolute atomic E-state index is 5.68. The van der Waals surface area contributed by atoms with Crippen molar-refractivity contribution in [2.75, 3.05) is 13.2 Å². The molecule has 0 N–H and O–H groups in total. The van der Waals surface area contributed by atoms with E-state index in [2.05, 4.69) is 19.1 Å². The van der Waals surface area contributed by atoms with Crippen LogP contribution in [0.15, 0.2) is 24.3 Å². The number of hydrogen-bond donors (Lipinski definition) is 0. The third-order valence-electron chi connectivity index (χ3n) is 2.40. The van der Waals surface area contributed by atoms with Crippen molar-refractivity contribution in [1.82, 2.24) is 0 Å². The summed E-state index contributed by atoms with van der Waals surface area (Å²) in [4.78, 5) is 0. The molecule has 0 spiro atoms. The summed E-state index contributed by atoms with van der Waals surface area (Å²) in [6.45, 7) is 6.09. The first-order valence-electron chi connectivity index (χ1n) is 4.95. The normalized spacial score (nSPS) is 21.4. The Hall–Kier alpha value is -0.860. The van der Waals surface area contributed by atoms with Crippen LogP contribution in [0.5, 0.6) is 0 Å². The van der Waals surface area contributed by atoms with Gasteiger partial charge in [0.1, 0.15) is 0 Å². The van der Waals surface area contributed by atoms with Crippen molar-refractivity contribution in [2.24, 2.45) is 0 Å². The topological polar surface area (TPSA) is 18.5 Å². The van der Waals surface area contributed by atoms with Crippen LogP contribution in [-0.4, -0.2) is 19.3 Å². The van der Waals surface area contributed by atoms with Crippen LogP contribution in [0.2, 0.25) is 0 Å². The highest BCUT2D eigenvalue weighted by Crippen LogP contribution is 2.11. The van der Waals surface area contributed by atoms with Gasteiger partial charge in [-0.1, -0.05) is 24.3 Å². The SMILES string of the molecule is [CH2]c1ccc(COC2CCOC2)cc1. The van der Waals surface area contributed by atoms with Crippen LogP contribution in [0, 0.1) is 6.92 Å². The molecule has 75 valence electrons. The molecule has 0 aromatic heterocycles. The highest BCUT2D eigenvalue weighted by molar-refractivity contribution is 5.23. The fourth-order valence-electron chi connectivity index (χ4n) is 1.49. The fraction of sp³-hybridized carbons (Fsp3) is 0.417. The molecular formula is C12H15O2. The van der Waals surface area contributed by atoms with Gasteiger partial charge in [-0.15, -0.1) is 0 Å². The molecule has 0 aliphatic carbocycles. The van der Waals surface area contributed by atoms with Gasteiger partial charge in [-0.3, -0.25) is 0 Å². The first-order valence-corrected chi connectivity index (χ1v) is 4.95. The van der Waals surface area contributed by atoms with Gasteiger partial charge >= 0.3 is 0 Å². The standard InChI is InChI=1S/C12H15O2/c1-10-2-4-11(5-3-10)8-14-12-6-7-13-9-12/h2-5,12H,1,6-9H2. The number of rotatable bonds is 3. The second kappa shape index (κ2) is 4.58. The second-order valence-corrected chi connectivity index (χ2v) is 3.61. The molecule has 1 radical (unpaired) electrons. The van der Waals surface area contributed by atoms with Crippen LogP contribution in [0.3, 0.4) is 0 Å². The summed E-state index contributed by atoms with van der Waals surface area (Å²) < 4.78 is 10.9. The second-order valence-electron chi connectivity index (χ2n) is 3.61. The molecule has 0 amide bonds. The number of benzene rings is 1. The van der Waals surface area contributed by atoms with Crippen molar-refractivity contribution in [3.8, 4) is 0 Å². The Kier molecular flexibility index (Phi) is 3.17. The van der Waals surface area contributed by atoms with Gasteiger partial charge in [0.05, 0.1) is 19.3 Å². The average Bonchev–Trinajstić information content (AvgIpc) is 2.70. The third-order valence-corrected chi connectivity index (χ3v) is 2.40. The zero-order chi connectivity index (χ0) is 9.80. The average molecular weight is 191 g/mol. The highest BCUT2D eigenvalue weighted by Gasteiger charge is 2.15. The predicted octanol–water partition coefficient (Wildman–Crippen LogP) is 2.17. The summed E-state index contributed by atoms with van der Waals surface area (Å²) >= 11 is 0. The van der Waals surface area contributed by atoms with Crippen LogP contribution < -0.4 is 0 Å². The lowest BCUT2D eigenvalue weighted by molar-refractivity contribution is 0.0317. The van der Waals surface area contributed by atoms with E-state index in [0.717, 1.165) is 25.2 Å². The summed E-state index contributed by atoms with van der Waals surface area (Å²) in [6, 6.07) is 8.12. The van der Waals surface area contributed by atoms with Gasteiger partial charge in [0.15, 0.2) is 0 Å². The van der Waals surface area contributed by atoms with Gasteiger partial charge in [-0.25, -0.2) is 0 Å². The predicted molar refractivity (Wildman–Crippen MR) is 54.9 cm³/mol. The van der Waals surface area contributed by atoms with Gasteiger partial charge in [0.25, 0.3) is 0 Å². The molecular weight excluding hydrogens is 176 g/mol. The van der Waals surface area contributed by atoms with Gasteiger partial charge < -0.3 is 9.47 Å². The van der Waals surface area contributed by atoms with Crippen molar-refractivity contribution in [3.05, 3.63) is 42.3 Å². The molecule has 0 bridgehead atoms. The third kappa shape index (κ3) is 2.56. The molecule has 1 aromatic rings. The van der Waals surface area contributed by atoms with Crippen molar-refractivity contribution < 1.29 is 9.47 Å². The molecule has 0 saturated carbocycles. The summed E-state index contributed by atoms with van der Waals surface area (Å²) in [6.07, 6.45) is 1.31. The van der Waals surface area contributed by atoms with Crippen LogP contribution in [0.4, 0.5) is 0 Å². The van der Waals surface area contributed by atoms with E-state index in [0.29, 0.717) is 6.61 Å². The van der Waals surface area contributed by atoms with Gasteiger partial charge in [-0.2, -0.15) is 0 Å². The first kappa shape index (κ1) is 9.69. The van der Waals surface area contributed by atoms with Crippen LogP contribution >= 0.6 is 0 Å². The minimum atomic E-state index is 0.287. The zero-order valence-corrected chi connectivity index (χ0v) is 8.24. The summed E-state index contributed by atoms with van der Waals surface area (Å²) in [5, 5.41) is 0. The highest BCUT2D eigenvalue weighted by atomic mass is 16.5. The van der Waals surface area contributed by atoms with Crippen molar-refractivity contribution in [3.63, 3.8) is 0 Å². The summed E-state index contributed by atoms with van der Waals surface area (Å²) in [5.74, 6) is 0. The van der Waals surface area contributed by atoms with Crippen LogP contribution in [0.1, 0.15) is 17.5 Å². The minimum Gasteiger partial charge on any atom is -0.379 e. The maximum atomic E-state index is 5.68. The Morgan fingerprint density at radius 2 is 2.14 bits per heavy atom. The van der Waals surface area contributed by atoms with Crippen LogP contribution in [0.25, 0.3) is 0 Å². The van der Waals surface area contributed by atoms with E-state index in [1.54, 1.807) is 0 Å². The lowest BCUT2D eigenvalue weighted by Gasteiger charge is -2.09. The number of ether oxygens (including phenoxy) is 2. The first-order chi connectivity index (χ1) is 6.84. The maximum Gasteiger partial charge on any atom is 0.0834 e. The lowest BCUT2D eigenvalue weighted by Crippen LogP contribution is -2.11. The molecule has 2 heteroatoms. The largest absolute Gasteiger partial charge is 0.379 e. The molecule has 1 atom stereocenters. The van der Waals surface area contributed by atoms with E-state index in [1.165, 1.54) is 5.56 Å². The van der Waals surface area contributed by atoms with Gasteiger partial charge in [0.2, 0.25) is 0 Å². The van der Waals surface area contributed by atoms with Crippen molar-refractivity contribution in [1.29, 1.82) is 0 Å². The minimum absolute atomic E-state index is 0.287. The van der Waals surface area contributed by atoms with Crippen LogP contribution in [-0.2, 0) is 16.1 Å². The molecule has 1 heterocycles. The lowest BCUT2D eigenvalue weighted by atomic mass is 10.2. The molecule has 1 aliphatic rings. The van der Waals surface area contributed by atoms with E-state index in [1.807, 2.05) is 12.1 Å². The van der Waals surface area contributed by atoms with Gasteiger partial charge in [0, 0.05) is 6.61 Å². The van der Waals surface area contributed by atoms with E-state index in [-0.39, 0.29) is 6.10 Å². The Morgan fingerprint density at radius 3 is 2.79 bits per heavy atom. The fourth-order valence-corrected chi connectivity index (χ4v) is 1.49. The van der Waals surface area contributed by atoms with Gasteiger partial charge in [-0.05, 0) is 24.5 Å². The van der Waals surface area contributed by atoms with E-state index >= 15 is 0 Å². The molecule has 2 rings (SSSR count). The Labute approximate surface area is 84.8 Å². The van der Waals surface area contributed by atoms with E-state index < -0.39 is 0 Å². The monoisotopic (exact) mass is 191 g/mol. The smallest absolute Gasteiger partial charge is 0.0834 e. The Bertz CT molecular complexity index is 273. The molecule has 1 unspecified atom stereocenters. The van der Waals surface area contributed by atoms with E-state index in [4.69, 9.17) is 9.47 Å². The zero-order valence-electron chi connectivity index (χ0n) is 8.24. The summed E-state index contributed by atoms with van der Waals surface area (Å²) in [7, 11) is 0. The quantitative estimate of drug-likeness (QED) is 0.729. The Morgan fingerprint density at radius 1 is 1.36 bits per heavy atom. The number of hydrogen-bond acceptors (Lipinski definition) is 2. The molecule has 1 saturated heterocycles. The summed E-state index contributed by atoms with van der Waals surface area (Å²) in [5.41, 5.74) is 2.24. The molecule has 1 fully saturated rings. The molecule has 1 aromatic carbocycles. The van der Waals surface area contributed by atoms with E-state index in [9.17, 15) is 0 Å². The Balaban J connectivity index is 1.82. The molecule has 1 aliphatic heterocycles.